The first-order valence-corrected chi connectivity index (χ1v) is 5.33. The van der Waals surface area contributed by atoms with Crippen LogP contribution in [0.15, 0.2) is 0 Å². The lowest BCUT2D eigenvalue weighted by Gasteiger charge is -2.07. The second kappa shape index (κ2) is 5.34. The lowest BCUT2D eigenvalue weighted by molar-refractivity contribution is 0.124. The summed E-state index contributed by atoms with van der Waals surface area (Å²) in [6, 6.07) is 0. The molecule has 15 heavy (non-hydrogen) atoms. The minimum absolute atomic E-state index is 0.272. The van der Waals surface area contributed by atoms with Gasteiger partial charge in [0.2, 0.25) is 0 Å². The Morgan fingerprint density at radius 3 is 2.67 bits per heavy atom. The number of nitrogens with zero attached hydrogens (tertiary/aromatic N) is 2. The number of alkyl halides is 2. The summed E-state index contributed by atoms with van der Waals surface area (Å²) in [6.45, 7) is 3.79. The molecular formula is C9H15F2N3S. The number of halogens is 2. The molecule has 1 rings (SSSR count). The maximum absolute atomic E-state index is 12.2. The van der Waals surface area contributed by atoms with Gasteiger partial charge in [-0.15, -0.1) is 0 Å². The van der Waals surface area contributed by atoms with Crippen molar-refractivity contribution in [3.8, 4) is 0 Å². The Balaban J connectivity index is 2.75. The van der Waals surface area contributed by atoms with Crippen LogP contribution in [0.4, 0.5) is 8.78 Å². The van der Waals surface area contributed by atoms with Crippen LogP contribution in [0, 0.1) is 10.7 Å². The molecule has 0 atom stereocenters. The average molecular weight is 235 g/mol. The number of nitrogens with one attached hydrogen (secondary N) is 1. The predicted molar refractivity (Wildman–Crippen MR) is 56.6 cm³/mol. The highest BCUT2D eigenvalue weighted by Crippen LogP contribution is 2.09. The Bertz CT molecular complexity index is 356. The van der Waals surface area contributed by atoms with Crippen molar-refractivity contribution in [1.82, 2.24) is 14.8 Å². The summed E-state index contributed by atoms with van der Waals surface area (Å²) < 4.78 is 26.1. The van der Waals surface area contributed by atoms with Crippen molar-refractivity contribution in [2.24, 2.45) is 5.92 Å². The van der Waals surface area contributed by atoms with Crippen molar-refractivity contribution < 1.29 is 8.78 Å². The highest BCUT2D eigenvalue weighted by Gasteiger charge is 2.11. The van der Waals surface area contributed by atoms with E-state index in [1.807, 2.05) is 0 Å². The van der Waals surface area contributed by atoms with Crippen molar-refractivity contribution in [2.45, 2.75) is 39.7 Å². The van der Waals surface area contributed by atoms with E-state index in [9.17, 15) is 8.78 Å². The van der Waals surface area contributed by atoms with Crippen LogP contribution in [-0.2, 0) is 13.0 Å². The van der Waals surface area contributed by atoms with Crippen LogP contribution < -0.4 is 0 Å². The summed E-state index contributed by atoms with van der Waals surface area (Å²) in [6.07, 6.45) is -0.799. The maximum atomic E-state index is 12.2. The zero-order valence-corrected chi connectivity index (χ0v) is 9.65. The van der Waals surface area contributed by atoms with E-state index in [2.05, 4.69) is 24.0 Å². The fourth-order valence-corrected chi connectivity index (χ4v) is 1.51. The van der Waals surface area contributed by atoms with E-state index >= 15 is 0 Å². The van der Waals surface area contributed by atoms with E-state index in [1.165, 1.54) is 4.57 Å². The van der Waals surface area contributed by atoms with Crippen LogP contribution in [0.2, 0.25) is 0 Å². The van der Waals surface area contributed by atoms with Gasteiger partial charge in [-0.3, -0.25) is 9.67 Å². The molecule has 0 aliphatic carbocycles. The Kier molecular flexibility index (Phi) is 4.38. The topological polar surface area (TPSA) is 33.6 Å². The minimum atomic E-state index is -2.40. The van der Waals surface area contributed by atoms with Crippen molar-refractivity contribution in [3.63, 3.8) is 0 Å². The Labute approximate surface area is 92.5 Å². The molecule has 0 saturated heterocycles. The first-order chi connectivity index (χ1) is 7.00. The third-order valence-electron chi connectivity index (χ3n) is 2.10. The van der Waals surface area contributed by atoms with E-state index in [0.29, 0.717) is 18.2 Å². The molecular weight excluding hydrogens is 220 g/mol. The van der Waals surface area contributed by atoms with Crippen LogP contribution in [0.1, 0.15) is 26.1 Å². The molecule has 0 aliphatic rings. The molecule has 1 N–H and O–H groups in total. The van der Waals surface area contributed by atoms with Gasteiger partial charge in [0.05, 0.1) is 6.54 Å². The van der Waals surface area contributed by atoms with E-state index < -0.39 is 6.43 Å². The molecule has 86 valence electrons. The average Bonchev–Trinajstić information content (AvgIpc) is 2.44. The van der Waals surface area contributed by atoms with E-state index in [1.54, 1.807) is 0 Å². The first-order valence-electron chi connectivity index (χ1n) is 4.93. The number of H-pyrrole nitrogens is 1. The molecule has 1 aromatic heterocycles. The van der Waals surface area contributed by atoms with Gasteiger partial charge in [0.25, 0.3) is 6.43 Å². The first kappa shape index (κ1) is 12.3. The molecule has 6 heteroatoms. The molecule has 1 heterocycles. The van der Waals surface area contributed by atoms with Crippen molar-refractivity contribution in [1.29, 1.82) is 0 Å². The van der Waals surface area contributed by atoms with E-state index in [4.69, 9.17) is 12.2 Å². The molecule has 0 bridgehead atoms. The number of hydrogen-bond donors (Lipinski definition) is 1. The molecule has 0 unspecified atom stereocenters. The lowest BCUT2D eigenvalue weighted by atomic mass is 10.1. The molecule has 1 aromatic rings. The number of aromatic amines is 1. The predicted octanol–water partition coefficient (Wildman–Crippen LogP) is 2.79. The van der Waals surface area contributed by atoms with Crippen LogP contribution in [-0.4, -0.2) is 21.2 Å². The van der Waals surface area contributed by atoms with Gasteiger partial charge < -0.3 is 0 Å². The van der Waals surface area contributed by atoms with E-state index in [0.717, 1.165) is 6.42 Å². The molecule has 0 spiro atoms. The van der Waals surface area contributed by atoms with Gasteiger partial charge in [-0.05, 0) is 24.6 Å². The Morgan fingerprint density at radius 2 is 2.13 bits per heavy atom. The lowest BCUT2D eigenvalue weighted by Crippen LogP contribution is -2.11. The quantitative estimate of drug-likeness (QED) is 0.796. The van der Waals surface area contributed by atoms with Crippen molar-refractivity contribution >= 4 is 12.2 Å². The summed E-state index contributed by atoms with van der Waals surface area (Å²) in [5.41, 5.74) is 0. The van der Waals surface area contributed by atoms with E-state index in [-0.39, 0.29) is 11.3 Å². The molecule has 3 nitrogen and oxygen atoms in total. The monoisotopic (exact) mass is 235 g/mol. The van der Waals surface area contributed by atoms with Crippen LogP contribution in [0.5, 0.6) is 0 Å². The molecule has 0 aliphatic heterocycles. The highest BCUT2D eigenvalue weighted by atomic mass is 32.1. The van der Waals surface area contributed by atoms with Gasteiger partial charge in [-0.2, -0.15) is 5.10 Å². The highest BCUT2D eigenvalue weighted by molar-refractivity contribution is 7.71. The van der Waals surface area contributed by atoms with Gasteiger partial charge >= 0.3 is 0 Å². The molecule has 0 radical (unpaired) electrons. The summed E-state index contributed by atoms with van der Waals surface area (Å²) in [5, 5.41) is 6.50. The fraction of sp³-hybridized carbons (Fsp3) is 0.778. The number of rotatable bonds is 5. The van der Waals surface area contributed by atoms with Crippen LogP contribution in [0.3, 0.4) is 0 Å². The van der Waals surface area contributed by atoms with Gasteiger partial charge in [0, 0.05) is 6.42 Å². The zero-order chi connectivity index (χ0) is 11.4. The van der Waals surface area contributed by atoms with Crippen molar-refractivity contribution in [3.05, 3.63) is 10.6 Å². The van der Waals surface area contributed by atoms with Gasteiger partial charge in [0.1, 0.15) is 5.82 Å². The number of aryl methyl sites for hydroxylation is 1. The van der Waals surface area contributed by atoms with Crippen LogP contribution >= 0.6 is 12.2 Å². The molecule has 0 fully saturated rings. The normalized spacial score (nSPS) is 11.6. The minimum Gasteiger partial charge on any atom is -0.298 e. The smallest absolute Gasteiger partial charge is 0.256 e. The number of hydrogen-bond acceptors (Lipinski definition) is 2. The summed E-state index contributed by atoms with van der Waals surface area (Å²) in [5.74, 6) is 1.14. The summed E-state index contributed by atoms with van der Waals surface area (Å²) in [4.78, 5) is 0. The largest absolute Gasteiger partial charge is 0.298 e. The third kappa shape index (κ3) is 3.70. The van der Waals surface area contributed by atoms with Gasteiger partial charge in [-0.25, -0.2) is 8.78 Å². The Hall–Kier alpha value is -0.780. The zero-order valence-electron chi connectivity index (χ0n) is 8.83. The second-order valence-corrected chi connectivity index (χ2v) is 4.27. The SMILES string of the molecule is CC(C)CCc1n[nH]c(=S)n1CC(F)F. The number of aromatic nitrogens is 3. The summed E-state index contributed by atoms with van der Waals surface area (Å²) in [7, 11) is 0. The molecule has 0 saturated carbocycles. The second-order valence-electron chi connectivity index (χ2n) is 3.88. The third-order valence-corrected chi connectivity index (χ3v) is 2.41. The van der Waals surface area contributed by atoms with Gasteiger partial charge in [0.15, 0.2) is 4.77 Å². The molecule has 0 amide bonds. The summed E-state index contributed by atoms with van der Waals surface area (Å²) >= 11 is 4.88. The van der Waals surface area contributed by atoms with Gasteiger partial charge in [-0.1, -0.05) is 13.8 Å². The fourth-order valence-electron chi connectivity index (χ4n) is 1.29. The maximum Gasteiger partial charge on any atom is 0.256 e. The van der Waals surface area contributed by atoms with Crippen LogP contribution in [0.25, 0.3) is 0 Å². The Morgan fingerprint density at radius 1 is 1.47 bits per heavy atom. The standard InChI is InChI=1S/C9H15F2N3S/c1-6(2)3-4-8-12-13-9(15)14(8)5-7(10)11/h6-7H,3-5H2,1-2H3,(H,13,15). The molecule has 0 aromatic carbocycles. The van der Waals surface area contributed by atoms with Crippen molar-refractivity contribution in [2.75, 3.05) is 0 Å².